The van der Waals surface area contributed by atoms with E-state index in [-0.39, 0.29) is 6.04 Å². The topological polar surface area (TPSA) is 37.8 Å². The quantitative estimate of drug-likeness (QED) is 0.901. The number of benzene rings is 1. The first-order chi connectivity index (χ1) is 9.20. The Balaban J connectivity index is 2.36. The maximum absolute atomic E-state index is 13.3. The van der Waals surface area contributed by atoms with E-state index in [1.165, 1.54) is 18.5 Å². The summed E-state index contributed by atoms with van der Waals surface area (Å²) in [6.07, 6.45) is 3.95. The van der Waals surface area contributed by atoms with Crippen LogP contribution in [0.25, 0.3) is 0 Å². The van der Waals surface area contributed by atoms with Gasteiger partial charge in [-0.05, 0) is 36.7 Å². The Kier molecular flexibility index (Phi) is 4.52. The van der Waals surface area contributed by atoms with Crippen LogP contribution < -0.4 is 5.32 Å². The third-order valence-corrected chi connectivity index (χ3v) is 2.72. The van der Waals surface area contributed by atoms with Gasteiger partial charge in [0.25, 0.3) is 0 Å². The molecule has 0 spiro atoms. The van der Waals surface area contributed by atoms with Crippen molar-refractivity contribution in [2.45, 2.75) is 19.4 Å². The second kappa shape index (κ2) is 6.33. The molecule has 0 aliphatic carbocycles. The summed E-state index contributed by atoms with van der Waals surface area (Å²) in [6.45, 7) is 2.75. The Hall–Kier alpha value is -1.88. The SMILES string of the molecule is CCCNC(c1cc(F)cc(F)c1)c1ccncn1. The molecule has 0 radical (unpaired) electrons. The number of aromatic nitrogens is 2. The van der Waals surface area contributed by atoms with Gasteiger partial charge in [-0.25, -0.2) is 18.7 Å². The van der Waals surface area contributed by atoms with Gasteiger partial charge in [0.05, 0.1) is 11.7 Å². The van der Waals surface area contributed by atoms with E-state index in [1.807, 2.05) is 6.92 Å². The van der Waals surface area contributed by atoms with Crippen molar-refractivity contribution in [3.63, 3.8) is 0 Å². The molecule has 1 unspecified atom stereocenters. The highest BCUT2D eigenvalue weighted by Crippen LogP contribution is 2.21. The fourth-order valence-corrected chi connectivity index (χ4v) is 1.90. The van der Waals surface area contributed by atoms with E-state index in [9.17, 15) is 8.78 Å². The average Bonchev–Trinajstić information content (AvgIpc) is 2.39. The molecular formula is C14H15F2N3. The van der Waals surface area contributed by atoms with Gasteiger partial charge in [-0.2, -0.15) is 0 Å². The lowest BCUT2D eigenvalue weighted by Gasteiger charge is -2.18. The largest absolute Gasteiger partial charge is 0.305 e. The number of nitrogens with zero attached hydrogens (tertiary/aromatic N) is 2. The Bertz CT molecular complexity index is 511. The highest BCUT2D eigenvalue weighted by atomic mass is 19.1. The lowest BCUT2D eigenvalue weighted by molar-refractivity contribution is 0.553. The van der Waals surface area contributed by atoms with Crippen LogP contribution in [-0.2, 0) is 0 Å². The first kappa shape index (κ1) is 13.5. The molecule has 0 aliphatic rings. The van der Waals surface area contributed by atoms with Crippen LogP contribution in [0.5, 0.6) is 0 Å². The minimum atomic E-state index is -0.590. The summed E-state index contributed by atoms with van der Waals surface area (Å²) in [7, 11) is 0. The lowest BCUT2D eigenvalue weighted by atomic mass is 10.0. The maximum atomic E-state index is 13.3. The average molecular weight is 263 g/mol. The Morgan fingerprint density at radius 3 is 2.53 bits per heavy atom. The van der Waals surface area contributed by atoms with Gasteiger partial charge in [0.15, 0.2) is 0 Å². The van der Waals surface area contributed by atoms with Crippen LogP contribution in [0, 0.1) is 11.6 Å². The first-order valence-corrected chi connectivity index (χ1v) is 6.16. The zero-order chi connectivity index (χ0) is 13.7. The number of hydrogen-bond acceptors (Lipinski definition) is 3. The van der Waals surface area contributed by atoms with Gasteiger partial charge in [-0.15, -0.1) is 0 Å². The summed E-state index contributed by atoms with van der Waals surface area (Å²) >= 11 is 0. The molecule has 19 heavy (non-hydrogen) atoms. The smallest absolute Gasteiger partial charge is 0.126 e. The Morgan fingerprint density at radius 2 is 1.95 bits per heavy atom. The minimum absolute atomic E-state index is 0.340. The predicted molar refractivity (Wildman–Crippen MR) is 68.5 cm³/mol. The first-order valence-electron chi connectivity index (χ1n) is 6.16. The molecule has 0 amide bonds. The minimum Gasteiger partial charge on any atom is -0.305 e. The van der Waals surface area contributed by atoms with Gasteiger partial charge in [-0.1, -0.05) is 6.92 Å². The monoisotopic (exact) mass is 263 g/mol. The molecule has 0 fully saturated rings. The third kappa shape index (κ3) is 3.54. The fraction of sp³-hybridized carbons (Fsp3) is 0.286. The summed E-state index contributed by atoms with van der Waals surface area (Å²) in [6, 6.07) is 4.89. The zero-order valence-electron chi connectivity index (χ0n) is 10.6. The highest BCUT2D eigenvalue weighted by molar-refractivity contribution is 5.28. The Labute approximate surface area is 110 Å². The number of rotatable bonds is 5. The van der Waals surface area contributed by atoms with E-state index in [4.69, 9.17) is 0 Å². The van der Waals surface area contributed by atoms with Crippen molar-refractivity contribution in [2.75, 3.05) is 6.54 Å². The van der Waals surface area contributed by atoms with Gasteiger partial charge in [-0.3, -0.25) is 0 Å². The van der Waals surface area contributed by atoms with Crippen molar-refractivity contribution < 1.29 is 8.78 Å². The van der Waals surface area contributed by atoms with Crippen LogP contribution in [-0.4, -0.2) is 16.5 Å². The van der Waals surface area contributed by atoms with Gasteiger partial charge < -0.3 is 5.32 Å². The zero-order valence-corrected chi connectivity index (χ0v) is 10.6. The third-order valence-electron chi connectivity index (χ3n) is 2.72. The summed E-state index contributed by atoms with van der Waals surface area (Å²) in [4.78, 5) is 8.00. The van der Waals surface area contributed by atoms with E-state index >= 15 is 0 Å². The summed E-state index contributed by atoms with van der Waals surface area (Å²) in [5.74, 6) is -1.18. The van der Waals surface area contributed by atoms with Crippen LogP contribution in [0.1, 0.15) is 30.6 Å². The van der Waals surface area contributed by atoms with Crippen LogP contribution >= 0.6 is 0 Å². The molecule has 1 heterocycles. The van der Waals surface area contributed by atoms with Gasteiger partial charge in [0.2, 0.25) is 0 Å². The van der Waals surface area contributed by atoms with Crippen molar-refractivity contribution in [3.8, 4) is 0 Å². The molecule has 1 aromatic heterocycles. The van der Waals surface area contributed by atoms with Crippen LogP contribution in [0.3, 0.4) is 0 Å². The molecule has 2 rings (SSSR count). The molecule has 0 aliphatic heterocycles. The molecule has 0 saturated carbocycles. The van der Waals surface area contributed by atoms with Crippen LogP contribution in [0.4, 0.5) is 8.78 Å². The number of nitrogens with one attached hydrogen (secondary N) is 1. The molecule has 0 saturated heterocycles. The van der Waals surface area contributed by atoms with Crippen LogP contribution in [0.2, 0.25) is 0 Å². The van der Waals surface area contributed by atoms with Crippen molar-refractivity contribution in [3.05, 3.63) is 59.7 Å². The molecule has 1 atom stereocenters. The standard InChI is InChI=1S/C14H15F2N3/c1-2-4-18-14(13-3-5-17-9-19-13)10-6-11(15)8-12(16)7-10/h3,5-9,14,18H,2,4H2,1H3. The number of halogens is 2. The predicted octanol–water partition coefficient (Wildman–Crippen LogP) is 2.84. The number of hydrogen-bond donors (Lipinski definition) is 1. The van der Waals surface area contributed by atoms with Crippen molar-refractivity contribution in [1.82, 2.24) is 15.3 Å². The second-order valence-corrected chi connectivity index (χ2v) is 4.22. The summed E-state index contributed by atoms with van der Waals surface area (Å²) < 4.78 is 26.7. The lowest BCUT2D eigenvalue weighted by Crippen LogP contribution is -2.24. The van der Waals surface area contributed by atoms with Crippen molar-refractivity contribution in [2.24, 2.45) is 0 Å². The molecular weight excluding hydrogens is 248 g/mol. The normalized spacial score (nSPS) is 12.4. The van der Waals surface area contributed by atoms with Gasteiger partial charge in [0, 0.05) is 12.3 Å². The van der Waals surface area contributed by atoms with Crippen LogP contribution in [0.15, 0.2) is 36.8 Å². The summed E-state index contributed by atoms with van der Waals surface area (Å²) in [5, 5.41) is 3.23. The Morgan fingerprint density at radius 1 is 1.21 bits per heavy atom. The molecule has 2 aromatic rings. The molecule has 5 heteroatoms. The van der Waals surface area contributed by atoms with E-state index in [0.29, 0.717) is 11.3 Å². The molecule has 100 valence electrons. The van der Waals surface area contributed by atoms with Gasteiger partial charge in [0.1, 0.15) is 18.0 Å². The van der Waals surface area contributed by atoms with Gasteiger partial charge >= 0.3 is 0 Å². The molecule has 3 nitrogen and oxygen atoms in total. The van der Waals surface area contributed by atoms with E-state index in [0.717, 1.165) is 19.0 Å². The maximum Gasteiger partial charge on any atom is 0.126 e. The molecule has 1 aromatic carbocycles. The van der Waals surface area contributed by atoms with Crippen molar-refractivity contribution >= 4 is 0 Å². The molecule has 1 N–H and O–H groups in total. The summed E-state index contributed by atoms with van der Waals surface area (Å²) in [5.41, 5.74) is 1.21. The van der Waals surface area contributed by atoms with E-state index in [2.05, 4.69) is 15.3 Å². The molecule has 0 bridgehead atoms. The fourth-order valence-electron chi connectivity index (χ4n) is 1.90. The second-order valence-electron chi connectivity index (χ2n) is 4.22. The highest BCUT2D eigenvalue weighted by Gasteiger charge is 2.16. The van der Waals surface area contributed by atoms with Crippen molar-refractivity contribution in [1.29, 1.82) is 0 Å². The van der Waals surface area contributed by atoms with E-state index in [1.54, 1.807) is 12.3 Å². The van der Waals surface area contributed by atoms with E-state index < -0.39 is 11.6 Å².